The predicted molar refractivity (Wildman–Crippen MR) is 85.4 cm³/mol. The van der Waals surface area contributed by atoms with Gasteiger partial charge in [-0.05, 0) is 50.4 Å². The van der Waals surface area contributed by atoms with E-state index < -0.39 is 11.4 Å². The Morgan fingerprint density at radius 2 is 1.95 bits per heavy atom. The van der Waals surface area contributed by atoms with Crippen molar-refractivity contribution in [1.82, 2.24) is 4.90 Å². The molecule has 1 heterocycles. The third-order valence-corrected chi connectivity index (χ3v) is 5.22. The molecule has 120 valence electrons. The molecule has 0 spiro atoms. The number of rotatable bonds is 4. The maximum Gasteiger partial charge on any atom is 0.314 e. The molecule has 1 aromatic rings. The number of hydrogen-bond acceptors (Lipinski definition) is 3. The van der Waals surface area contributed by atoms with Gasteiger partial charge in [0.1, 0.15) is 11.9 Å². The van der Waals surface area contributed by atoms with Gasteiger partial charge in [-0.25, -0.2) is 0 Å². The van der Waals surface area contributed by atoms with Crippen LogP contribution in [0.25, 0.3) is 0 Å². The number of nitrogens with zero attached hydrogens (tertiary/aromatic N) is 1. The molecule has 1 saturated carbocycles. The summed E-state index contributed by atoms with van der Waals surface area (Å²) in [5.41, 5.74) is 0.203. The topological polar surface area (TPSA) is 49.8 Å². The standard InChI is InChI=1S/C18H25NO3/c1-19-11-7-15(8-12-19)22-16-6-4-5-14(13-16)18(17(20)21)9-2-3-10-18/h4-6,13,15H,2-3,7-12H2,1H3,(H,20,21). The molecule has 2 aliphatic rings. The lowest BCUT2D eigenvalue weighted by Gasteiger charge is -2.30. The van der Waals surface area contributed by atoms with Crippen molar-refractivity contribution in [3.63, 3.8) is 0 Å². The molecule has 0 amide bonds. The predicted octanol–water partition coefficient (Wildman–Crippen LogP) is 3.06. The lowest BCUT2D eigenvalue weighted by atomic mass is 9.79. The van der Waals surface area contributed by atoms with Crippen molar-refractivity contribution in [2.75, 3.05) is 20.1 Å². The molecular weight excluding hydrogens is 278 g/mol. The summed E-state index contributed by atoms with van der Waals surface area (Å²) >= 11 is 0. The number of benzene rings is 1. The fourth-order valence-corrected chi connectivity index (χ4v) is 3.77. The van der Waals surface area contributed by atoms with Crippen LogP contribution < -0.4 is 4.74 Å². The third-order valence-electron chi connectivity index (χ3n) is 5.22. The van der Waals surface area contributed by atoms with Crippen LogP contribution in [0.3, 0.4) is 0 Å². The zero-order valence-corrected chi connectivity index (χ0v) is 13.3. The van der Waals surface area contributed by atoms with Crippen molar-refractivity contribution in [1.29, 1.82) is 0 Å². The molecule has 0 aromatic heterocycles. The fourth-order valence-electron chi connectivity index (χ4n) is 3.77. The molecule has 1 aliphatic carbocycles. The summed E-state index contributed by atoms with van der Waals surface area (Å²) in [5, 5.41) is 9.71. The molecule has 0 unspecified atom stereocenters. The van der Waals surface area contributed by atoms with Crippen LogP contribution in [0.1, 0.15) is 44.1 Å². The molecular formula is C18H25NO3. The average molecular weight is 303 g/mol. The minimum Gasteiger partial charge on any atom is -0.490 e. The number of aliphatic carboxylic acids is 1. The second-order valence-electron chi connectivity index (χ2n) is 6.74. The smallest absolute Gasteiger partial charge is 0.314 e. The fraction of sp³-hybridized carbons (Fsp3) is 0.611. The van der Waals surface area contributed by atoms with Gasteiger partial charge in [-0.3, -0.25) is 4.79 Å². The van der Waals surface area contributed by atoms with E-state index in [0.717, 1.165) is 62.9 Å². The van der Waals surface area contributed by atoms with Gasteiger partial charge in [0.2, 0.25) is 0 Å². The van der Waals surface area contributed by atoms with Crippen LogP contribution >= 0.6 is 0 Å². The number of carbonyl (C=O) groups is 1. The van der Waals surface area contributed by atoms with Crippen molar-refractivity contribution in [3.8, 4) is 5.75 Å². The summed E-state index contributed by atoms with van der Waals surface area (Å²) in [7, 11) is 2.13. The maximum absolute atomic E-state index is 11.8. The van der Waals surface area contributed by atoms with Crippen LogP contribution in [0.4, 0.5) is 0 Å². The Bertz CT molecular complexity index is 529. The number of hydrogen-bond donors (Lipinski definition) is 1. The number of carboxylic acids is 1. The first kappa shape index (κ1) is 15.3. The van der Waals surface area contributed by atoms with Gasteiger partial charge in [0, 0.05) is 13.1 Å². The van der Waals surface area contributed by atoms with Crippen LogP contribution in [0.15, 0.2) is 24.3 Å². The molecule has 22 heavy (non-hydrogen) atoms. The van der Waals surface area contributed by atoms with Crippen LogP contribution in [0.5, 0.6) is 5.75 Å². The van der Waals surface area contributed by atoms with Gasteiger partial charge >= 0.3 is 5.97 Å². The summed E-state index contributed by atoms with van der Waals surface area (Å²) in [6.45, 7) is 2.12. The molecule has 1 saturated heterocycles. The molecule has 0 atom stereocenters. The van der Waals surface area contributed by atoms with Crippen molar-refractivity contribution >= 4 is 5.97 Å². The summed E-state index contributed by atoms with van der Waals surface area (Å²) in [6, 6.07) is 7.79. The normalized spacial score (nSPS) is 22.6. The van der Waals surface area contributed by atoms with E-state index >= 15 is 0 Å². The summed E-state index contributed by atoms with van der Waals surface area (Å²) in [4.78, 5) is 14.1. The molecule has 4 nitrogen and oxygen atoms in total. The zero-order valence-electron chi connectivity index (χ0n) is 13.3. The van der Waals surface area contributed by atoms with Gasteiger partial charge in [-0.2, -0.15) is 0 Å². The zero-order chi connectivity index (χ0) is 15.6. The second kappa shape index (κ2) is 6.29. The van der Waals surface area contributed by atoms with Gasteiger partial charge in [0.05, 0.1) is 5.41 Å². The summed E-state index contributed by atoms with van der Waals surface area (Å²) in [6.07, 6.45) is 5.77. The Morgan fingerprint density at radius 3 is 2.59 bits per heavy atom. The molecule has 1 aromatic carbocycles. The highest BCUT2D eigenvalue weighted by Crippen LogP contribution is 2.42. The Kier molecular flexibility index (Phi) is 4.39. The molecule has 1 N–H and O–H groups in total. The van der Waals surface area contributed by atoms with Crippen LogP contribution in [0, 0.1) is 0 Å². The minimum absolute atomic E-state index is 0.246. The average Bonchev–Trinajstić information content (AvgIpc) is 3.01. The number of ether oxygens (including phenoxy) is 1. The third kappa shape index (κ3) is 2.98. The first-order valence-corrected chi connectivity index (χ1v) is 8.29. The van der Waals surface area contributed by atoms with E-state index in [-0.39, 0.29) is 6.10 Å². The monoisotopic (exact) mass is 303 g/mol. The number of piperidine rings is 1. The van der Waals surface area contributed by atoms with E-state index in [9.17, 15) is 9.90 Å². The summed E-state index contributed by atoms with van der Waals surface area (Å²) in [5.74, 6) is 0.126. The van der Waals surface area contributed by atoms with Gasteiger partial charge in [-0.15, -0.1) is 0 Å². The first-order valence-electron chi connectivity index (χ1n) is 8.29. The quantitative estimate of drug-likeness (QED) is 0.929. The highest BCUT2D eigenvalue weighted by Gasteiger charge is 2.43. The molecule has 0 radical (unpaired) electrons. The molecule has 1 aliphatic heterocycles. The lowest BCUT2D eigenvalue weighted by Crippen LogP contribution is -2.36. The highest BCUT2D eigenvalue weighted by molar-refractivity contribution is 5.82. The highest BCUT2D eigenvalue weighted by atomic mass is 16.5. The summed E-state index contributed by atoms with van der Waals surface area (Å²) < 4.78 is 6.11. The van der Waals surface area contributed by atoms with Gasteiger partial charge in [-0.1, -0.05) is 25.0 Å². The van der Waals surface area contributed by atoms with Gasteiger partial charge in [0.15, 0.2) is 0 Å². The van der Waals surface area contributed by atoms with E-state index in [1.165, 1.54) is 0 Å². The minimum atomic E-state index is -0.702. The van der Waals surface area contributed by atoms with E-state index in [1.54, 1.807) is 0 Å². The molecule has 4 heteroatoms. The lowest BCUT2D eigenvalue weighted by molar-refractivity contribution is -0.143. The van der Waals surface area contributed by atoms with E-state index in [0.29, 0.717) is 0 Å². The van der Waals surface area contributed by atoms with E-state index in [1.807, 2.05) is 24.3 Å². The van der Waals surface area contributed by atoms with Crippen molar-refractivity contribution in [2.24, 2.45) is 0 Å². The Labute approximate surface area is 132 Å². The van der Waals surface area contributed by atoms with Crippen LogP contribution in [0.2, 0.25) is 0 Å². The largest absolute Gasteiger partial charge is 0.490 e. The van der Waals surface area contributed by atoms with E-state index in [4.69, 9.17) is 4.74 Å². The van der Waals surface area contributed by atoms with Crippen molar-refractivity contribution in [3.05, 3.63) is 29.8 Å². The first-order chi connectivity index (χ1) is 10.6. The second-order valence-corrected chi connectivity index (χ2v) is 6.74. The number of carboxylic acid groups (broad SMARTS) is 1. The van der Waals surface area contributed by atoms with Crippen LogP contribution in [-0.2, 0) is 10.2 Å². The molecule has 0 bridgehead atoms. The Hall–Kier alpha value is -1.55. The van der Waals surface area contributed by atoms with Gasteiger partial charge in [0.25, 0.3) is 0 Å². The molecule has 3 rings (SSSR count). The SMILES string of the molecule is CN1CCC(Oc2cccc(C3(C(=O)O)CCCC3)c2)CC1. The van der Waals surface area contributed by atoms with Crippen molar-refractivity contribution in [2.45, 2.75) is 50.0 Å². The Morgan fingerprint density at radius 1 is 1.27 bits per heavy atom. The van der Waals surface area contributed by atoms with E-state index in [2.05, 4.69) is 11.9 Å². The van der Waals surface area contributed by atoms with Crippen LogP contribution in [-0.4, -0.2) is 42.2 Å². The van der Waals surface area contributed by atoms with Gasteiger partial charge < -0.3 is 14.7 Å². The van der Waals surface area contributed by atoms with Crippen molar-refractivity contribution < 1.29 is 14.6 Å². The maximum atomic E-state index is 11.8. The molecule has 2 fully saturated rings. The number of likely N-dealkylation sites (tertiary alicyclic amines) is 1. The Balaban J connectivity index is 1.76.